The first kappa shape index (κ1) is 15.8. The van der Waals surface area contributed by atoms with Crippen molar-refractivity contribution in [1.29, 1.82) is 0 Å². The summed E-state index contributed by atoms with van der Waals surface area (Å²) in [7, 11) is 3.69. The minimum absolute atomic E-state index is 0.185. The summed E-state index contributed by atoms with van der Waals surface area (Å²) < 4.78 is 7.13. The van der Waals surface area contributed by atoms with Gasteiger partial charge in [-0.15, -0.1) is 0 Å². The van der Waals surface area contributed by atoms with Gasteiger partial charge in [-0.05, 0) is 18.6 Å². The van der Waals surface area contributed by atoms with E-state index in [0.29, 0.717) is 13.2 Å². The maximum absolute atomic E-state index is 12.5. The van der Waals surface area contributed by atoms with Gasteiger partial charge in [-0.25, -0.2) is 0 Å². The first-order valence-corrected chi connectivity index (χ1v) is 6.75. The van der Waals surface area contributed by atoms with E-state index in [1.807, 2.05) is 45.0 Å². The fraction of sp³-hybridized carbons (Fsp3) is 0.667. The lowest BCUT2D eigenvalue weighted by atomic mass is 9.94. The van der Waals surface area contributed by atoms with E-state index in [-0.39, 0.29) is 11.3 Å². The molecule has 0 bridgehead atoms. The summed E-state index contributed by atoms with van der Waals surface area (Å²) in [5, 5.41) is 0. The minimum Gasteiger partial charge on any atom is -0.385 e. The maximum atomic E-state index is 12.5. The van der Waals surface area contributed by atoms with E-state index in [2.05, 4.69) is 10.6 Å². The molecule has 0 aliphatic carbocycles. The Hall–Kier alpha value is -1.29. The average molecular weight is 266 g/mol. The summed E-state index contributed by atoms with van der Waals surface area (Å²) in [6, 6.07) is 4.06. The predicted molar refractivity (Wildman–Crippen MR) is 76.8 cm³/mol. The molecule has 0 radical (unpaired) electrons. The lowest BCUT2D eigenvalue weighted by Crippen LogP contribution is -2.40. The molecule has 0 atom stereocenters. The van der Waals surface area contributed by atoms with E-state index in [9.17, 15) is 4.79 Å². The number of aromatic nitrogens is 1. The van der Waals surface area contributed by atoms with Gasteiger partial charge in [-0.3, -0.25) is 4.79 Å². The molecule has 0 spiro atoms. The molecule has 19 heavy (non-hydrogen) atoms. The summed E-state index contributed by atoms with van der Waals surface area (Å²) in [6.07, 6.45) is 2.87. The molecule has 1 rings (SSSR count). The van der Waals surface area contributed by atoms with Crippen LogP contribution in [-0.2, 0) is 23.1 Å². The standard InChI is InChI=1S/C15H26N2O2/c1-15(2,3)14(18)17(10-7-11-19-5)12-13-8-6-9-16(13)4/h6,8-9H,7,10-12H2,1-5H3. The fourth-order valence-corrected chi connectivity index (χ4v) is 1.98. The molecule has 0 saturated heterocycles. The zero-order chi connectivity index (χ0) is 14.5. The molecule has 4 heteroatoms. The Kier molecular flexibility index (Phi) is 5.60. The topological polar surface area (TPSA) is 34.5 Å². The Balaban J connectivity index is 2.75. The van der Waals surface area contributed by atoms with Gasteiger partial charge in [0, 0.05) is 44.6 Å². The lowest BCUT2D eigenvalue weighted by Gasteiger charge is -2.29. The van der Waals surface area contributed by atoms with Gasteiger partial charge >= 0.3 is 0 Å². The van der Waals surface area contributed by atoms with Gasteiger partial charge in [0.15, 0.2) is 0 Å². The number of hydrogen-bond donors (Lipinski definition) is 0. The van der Waals surface area contributed by atoms with E-state index < -0.39 is 0 Å². The normalized spacial score (nSPS) is 11.6. The van der Waals surface area contributed by atoms with Crippen LogP contribution in [0.1, 0.15) is 32.9 Å². The summed E-state index contributed by atoms with van der Waals surface area (Å²) >= 11 is 0. The smallest absolute Gasteiger partial charge is 0.228 e. The van der Waals surface area contributed by atoms with Crippen LogP contribution >= 0.6 is 0 Å². The second-order valence-electron chi connectivity index (χ2n) is 5.93. The maximum Gasteiger partial charge on any atom is 0.228 e. The number of rotatable bonds is 6. The van der Waals surface area contributed by atoms with Crippen molar-refractivity contribution in [3.05, 3.63) is 24.0 Å². The molecule has 0 fully saturated rings. The predicted octanol–water partition coefficient (Wildman–Crippen LogP) is 2.44. The highest BCUT2D eigenvalue weighted by Gasteiger charge is 2.27. The Morgan fingerprint density at radius 1 is 1.42 bits per heavy atom. The van der Waals surface area contributed by atoms with Gasteiger partial charge in [0.25, 0.3) is 0 Å². The van der Waals surface area contributed by atoms with Crippen molar-refractivity contribution in [2.75, 3.05) is 20.3 Å². The summed E-state index contributed by atoms with van der Waals surface area (Å²) in [5.41, 5.74) is 0.799. The summed E-state index contributed by atoms with van der Waals surface area (Å²) in [4.78, 5) is 14.4. The van der Waals surface area contributed by atoms with Crippen molar-refractivity contribution < 1.29 is 9.53 Å². The van der Waals surface area contributed by atoms with Gasteiger partial charge in [0.1, 0.15) is 0 Å². The fourth-order valence-electron chi connectivity index (χ4n) is 1.98. The SMILES string of the molecule is COCCCN(Cc1cccn1C)C(=O)C(C)(C)C. The van der Waals surface area contributed by atoms with Crippen LogP contribution in [0.4, 0.5) is 0 Å². The number of ether oxygens (including phenoxy) is 1. The second-order valence-corrected chi connectivity index (χ2v) is 5.93. The first-order valence-electron chi connectivity index (χ1n) is 6.75. The molecule has 4 nitrogen and oxygen atoms in total. The third-order valence-electron chi connectivity index (χ3n) is 3.11. The van der Waals surface area contributed by atoms with E-state index in [0.717, 1.165) is 18.7 Å². The van der Waals surface area contributed by atoms with Crippen molar-refractivity contribution in [2.24, 2.45) is 12.5 Å². The van der Waals surface area contributed by atoms with Crippen LogP contribution in [0.25, 0.3) is 0 Å². The number of carbonyl (C=O) groups excluding carboxylic acids is 1. The Morgan fingerprint density at radius 3 is 2.58 bits per heavy atom. The molecule has 1 heterocycles. The van der Waals surface area contributed by atoms with E-state index >= 15 is 0 Å². The number of aryl methyl sites for hydroxylation is 1. The first-order chi connectivity index (χ1) is 8.86. The van der Waals surface area contributed by atoms with Crippen LogP contribution in [0, 0.1) is 5.41 Å². The average Bonchev–Trinajstić information content (AvgIpc) is 2.72. The van der Waals surface area contributed by atoms with E-state index in [1.165, 1.54) is 0 Å². The van der Waals surface area contributed by atoms with Crippen LogP contribution in [0.2, 0.25) is 0 Å². The molecule has 0 aliphatic rings. The molecule has 0 unspecified atom stereocenters. The van der Waals surface area contributed by atoms with Crippen LogP contribution < -0.4 is 0 Å². The zero-order valence-corrected chi connectivity index (χ0v) is 12.8. The molecule has 0 N–H and O–H groups in total. The van der Waals surface area contributed by atoms with Gasteiger partial charge in [0.05, 0.1) is 6.54 Å². The number of methoxy groups -OCH3 is 1. The van der Waals surface area contributed by atoms with Crippen LogP contribution in [0.3, 0.4) is 0 Å². The van der Waals surface area contributed by atoms with Crippen molar-refractivity contribution >= 4 is 5.91 Å². The Labute approximate surface area is 116 Å². The lowest BCUT2D eigenvalue weighted by molar-refractivity contribution is -0.140. The van der Waals surface area contributed by atoms with E-state index in [4.69, 9.17) is 4.74 Å². The number of hydrogen-bond acceptors (Lipinski definition) is 2. The highest BCUT2D eigenvalue weighted by molar-refractivity contribution is 5.81. The molecular formula is C15H26N2O2. The van der Waals surface area contributed by atoms with Crippen molar-refractivity contribution in [3.8, 4) is 0 Å². The molecule has 0 aliphatic heterocycles. The monoisotopic (exact) mass is 266 g/mol. The largest absolute Gasteiger partial charge is 0.385 e. The molecule has 108 valence electrons. The van der Waals surface area contributed by atoms with Gasteiger partial charge in [-0.1, -0.05) is 20.8 Å². The minimum atomic E-state index is -0.349. The molecule has 1 amide bonds. The van der Waals surface area contributed by atoms with E-state index in [1.54, 1.807) is 7.11 Å². The van der Waals surface area contributed by atoms with Crippen LogP contribution in [0.5, 0.6) is 0 Å². The summed E-state index contributed by atoms with van der Waals surface area (Å²) in [6.45, 7) is 7.95. The molecule has 0 saturated carbocycles. The molecule has 0 aromatic carbocycles. The van der Waals surface area contributed by atoms with Crippen LogP contribution in [0.15, 0.2) is 18.3 Å². The number of nitrogens with zero attached hydrogens (tertiary/aromatic N) is 2. The van der Waals surface area contributed by atoms with Crippen LogP contribution in [-0.4, -0.2) is 35.6 Å². The Morgan fingerprint density at radius 2 is 2.11 bits per heavy atom. The quantitative estimate of drug-likeness (QED) is 0.741. The summed E-state index contributed by atoms with van der Waals surface area (Å²) in [5.74, 6) is 0.185. The van der Waals surface area contributed by atoms with Gasteiger partial charge in [0.2, 0.25) is 5.91 Å². The highest BCUT2D eigenvalue weighted by atomic mass is 16.5. The van der Waals surface area contributed by atoms with Crippen molar-refractivity contribution in [2.45, 2.75) is 33.7 Å². The van der Waals surface area contributed by atoms with Gasteiger partial charge in [-0.2, -0.15) is 0 Å². The Bertz CT molecular complexity index is 405. The molecule has 1 aromatic rings. The molecule has 1 aromatic heterocycles. The van der Waals surface area contributed by atoms with Gasteiger partial charge < -0.3 is 14.2 Å². The third kappa shape index (κ3) is 4.71. The number of amides is 1. The third-order valence-corrected chi connectivity index (χ3v) is 3.11. The second kappa shape index (κ2) is 6.75. The van der Waals surface area contributed by atoms with Crippen molar-refractivity contribution in [3.63, 3.8) is 0 Å². The van der Waals surface area contributed by atoms with Crippen molar-refractivity contribution in [1.82, 2.24) is 9.47 Å². The zero-order valence-electron chi connectivity index (χ0n) is 12.8. The number of carbonyl (C=O) groups is 1. The highest BCUT2D eigenvalue weighted by Crippen LogP contribution is 2.19. The molecular weight excluding hydrogens is 240 g/mol.